The van der Waals surface area contributed by atoms with Gasteiger partial charge in [-0.25, -0.2) is 4.98 Å². The molecule has 0 aliphatic carbocycles. The van der Waals surface area contributed by atoms with E-state index in [1.54, 1.807) is 0 Å². The molecule has 3 heteroatoms. The summed E-state index contributed by atoms with van der Waals surface area (Å²) in [5, 5.41) is 0. The van der Waals surface area contributed by atoms with Crippen molar-refractivity contribution in [1.82, 2.24) is 4.98 Å². The summed E-state index contributed by atoms with van der Waals surface area (Å²) in [5.41, 5.74) is 6.29. The Labute approximate surface area is 166 Å². The van der Waals surface area contributed by atoms with Crippen LogP contribution in [0.4, 0.5) is 5.69 Å². The largest absolute Gasteiger partial charge is 0.436 e. The van der Waals surface area contributed by atoms with Gasteiger partial charge in [-0.2, -0.15) is 0 Å². The monoisotopic (exact) mass is 368 g/mol. The second-order valence-electron chi connectivity index (χ2n) is 6.71. The van der Waals surface area contributed by atoms with Gasteiger partial charge in [0, 0.05) is 24.3 Å². The second-order valence-corrected chi connectivity index (χ2v) is 6.71. The van der Waals surface area contributed by atoms with E-state index >= 15 is 0 Å². The summed E-state index contributed by atoms with van der Waals surface area (Å²) in [6, 6.07) is 24.8. The van der Waals surface area contributed by atoms with Crippen LogP contribution in [0.1, 0.15) is 25.0 Å². The topological polar surface area (TPSA) is 29.3 Å². The zero-order chi connectivity index (χ0) is 19.3. The van der Waals surface area contributed by atoms with Crippen molar-refractivity contribution < 1.29 is 4.42 Å². The third kappa shape index (κ3) is 3.84. The van der Waals surface area contributed by atoms with Gasteiger partial charge in [0.15, 0.2) is 5.58 Å². The van der Waals surface area contributed by atoms with Crippen molar-refractivity contribution >= 4 is 28.9 Å². The lowest BCUT2D eigenvalue weighted by atomic mass is 10.1. The highest BCUT2D eigenvalue weighted by Crippen LogP contribution is 2.24. The molecule has 140 valence electrons. The number of aromatic nitrogens is 1. The molecule has 28 heavy (non-hydrogen) atoms. The van der Waals surface area contributed by atoms with Crippen LogP contribution < -0.4 is 4.90 Å². The van der Waals surface area contributed by atoms with Crippen LogP contribution in [0.3, 0.4) is 0 Å². The van der Waals surface area contributed by atoms with E-state index in [4.69, 9.17) is 4.42 Å². The van der Waals surface area contributed by atoms with E-state index in [1.165, 1.54) is 11.3 Å². The molecular formula is C25H24N2O. The Morgan fingerprint density at radius 2 is 1.39 bits per heavy atom. The number of benzene rings is 3. The van der Waals surface area contributed by atoms with Gasteiger partial charge in [-0.3, -0.25) is 0 Å². The zero-order valence-corrected chi connectivity index (χ0v) is 16.3. The van der Waals surface area contributed by atoms with Gasteiger partial charge in [-0.15, -0.1) is 0 Å². The molecule has 3 aromatic carbocycles. The first kappa shape index (κ1) is 18.1. The van der Waals surface area contributed by atoms with Gasteiger partial charge >= 0.3 is 0 Å². The minimum Gasteiger partial charge on any atom is -0.436 e. The van der Waals surface area contributed by atoms with Crippen molar-refractivity contribution in [2.45, 2.75) is 13.8 Å². The Bertz CT molecular complexity index is 1040. The molecule has 0 atom stereocenters. The molecule has 0 bridgehead atoms. The predicted molar refractivity (Wildman–Crippen MR) is 118 cm³/mol. The quantitative estimate of drug-likeness (QED) is 0.363. The van der Waals surface area contributed by atoms with Crippen LogP contribution in [0.25, 0.3) is 34.7 Å². The first-order valence-corrected chi connectivity index (χ1v) is 9.76. The van der Waals surface area contributed by atoms with Gasteiger partial charge in [-0.05, 0) is 61.4 Å². The molecule has 0 radical (unpaired) electrons. The van der Waals surface area contributed by atoms with Crippen LogP contribution in [-0.4, -0.2) is 18.1 Å². The molecule has 1 heterocycles. The SMILES string of the molecule is CCN(CC)c1ccc(/C=C/c2ccc(-c3nc4ccccc4o3)cc2)cc1. The van der Waals surface area contributed by atoms with Crippen LogP contribution in [0, 0.1) is 0 Å². The lowest BCUT2D eigenvalue weighted by Crippen LogP contribution is -2.21. The summed E-state index contributed by atoms with van der Waals surface area (Å²) >= 11 is 0. The Kier molecular flexibility index (Phi) is 5.24. The van der Waals surface area contributed by atoms with Gasteiger partial charge in [0.2, 0.25) is 5.89 Å². The molecule has 4 aromatic rings. The molecule has 0 amide bonds. The molecular weight excluding hydrogens is 344 g/mol. The Morgan fingerprint density at radius 3 is 2.00 bits per heavy atom. The highest BCUT2D eigenvalue weighted by atomic mass is 16.3. The Morgan fingerprint density at radius 1 is 0.786 bits per heavy atom. The third-order valence-electron chi connectivity index (χ3n) is 4.94. The van der Waals surface area contributed by atoms with E-state index in [2.05, 4.69) is 72.3 Å². The molecule has 0 fully saturated rings. The highest BCUT2D eigenvalue weighted by molar-refractivity contribution is 5.76. The standard InChI is InChI=1S/C25H24N2O/c1-3-27(4-2)22-17-13-20(14-18-22)10-9-19-11-15-21(16-12-19)25-26-23-7-5-6-8-24(23)28-25/h5-18H,3-4H2,1-2H3/b10-9+. The molecule has 0 saturated heterocycles. The van der Waals surface area contributed by atoms with E-state index in [1.807, 2.05) is 36.4 Å². The fourth-order valence-electron chi connectivity index (χ4n) is 3.31. The minimum atomic E-state index is 0.656. The van der Waals surface area contributed by atoms with Crippen molar-refractivity contribution in [3.8, 4) is 11.5 Å². The normalized spacial score (nSPS) is 11.4. The molecule has 0 saturated carbocycles. The Balaban J connectivity index is 1.48. The van der Waals surface area contributed by atoms with Crippen LogP contribution in [0.5, 0.6) is 0 Å². The first-order valence-electron chi connectivity index (χ1n) is 9.76. The molecule has 0 unspecified atom stereocenters. The number of hydrogen-bond acceptors (Lipinski definition) is 3. The molecule has 4 rings (SSSR count). The fraction of sp³-hybridized carbons (Fsp3) is 0.160. The summed E-state index contributed by atoms with van der Waals surface area (Å²) in [6.07, 6.45) is 4.27. The zero-order valence-electron chi connectivity index (χ0n) is 16.3. The van der Waals surface area contributed by atoms with Crippen molar-refractivity contribution in [3.63, 3.8) is 0 Å². The predicted octanol–water partition coefficient (Wildman–Crippen LogP) is 6.51. The maximum atomic E-state index is 5.84. The summed E-state index contributed by atoms with van der Waals surface area (Å²) in [5.74, 6) is 0.656. The maximum Gasteiger partial charge on any atom is 0.227 e. The van der Waals surface area contributed by atoms with E-state index in [9.17, 15) is 0 Å². The third-order valence-corrected chi connectivity index (χ3v) is 4.94. The van der Waals surface area contributed by atoms with E-state index in [0.29, 0.717) is 5.89 Å². The van der Waals surface area contributed by atoms with Crippen molar-refractivity contribution in [1.29, 1.82) is 0 Å². The van der Waals surface area contributed by atoms with Gasteiger partial charge < -0.3 is 9.32 Å². The average molecular weight is 368 g/mol. The average Bonchev–Trinajstić information content (AvgIpc) is 3.19. The second kappa shape index (κ2) is 8.13. The van der Waals surface area contributed by atoms with Crippen molar-refractivity contribution in [2.24, 2.45) is 0 Å². The van der Waals surface area contributed by atoms with E-state index < -0.39 is 0 Å². The highest BCUT2D eigenvalue weighted by Gasteiger charge is 2.07. The van der Waals surface area contributed by atoms with Crippen LogP contribution >= 0.6 is 0 Å². The van der Waals surface area contributed by atoms with E-state index in [-0.39, 0.29) is 0 Å². The first-order chi connectivity index (χ1) is 13.8. The van der Waals surface area contributed by atoms with Crippen molar-refractivity contribution in [3.05, 3.63) is 83.9 Å². The molecule has 0 aliphatic heterocycles. The molecule has 0 spiro atoms. The smallest absolute Gasteiger partial charge is 0.227 e. The van der Waals surface area contributed by atoms with Crippen LogP contribution in [0.2, 0.25) is 0 Å². The number of fused-ring (bicyclic) bond motifs is 1. The molecule has 1 aromatic heterocycles. The number of oxazole rings is 1. The number of nitrogens with zero attached hydrogens (tertiary/aromatic N) is 2. The van der Waals surface area contributed by atoms with Gasteiger partial charge in [0.25, 0.3) is 0 Å². The number of hydrogen-bond donors (Lipinski definition) is 0. The maximum absolute atomic E-state index is 5.84. The number of para-hydroxylation sites is 2. The van der Waals surface area contributed by atoms with Crippen LogP contribution in [-0.2, 0) is 0 Å². The van der Waals surface area contributed by atoms with Gasteiger partial charge in [-0.1, -0.05) is 48.6 Å². The fourth-order valence-corrected chi connectivity index (χ4v) is 3.31. The van der Waals surface area contributed by atoms with Gasteiger partial charge in [0.05, 0.1) is 0 Å². The molecule has 3 nitrogen and oxygen atoms in total. The lowest BCUT2D eigenvalue weighted by Gasteiger charge is -2.20. The summed E-state index contributed by atoms with van der Waals surface area (Å²) in [7, 11) is 0. The van der Waals surface area contributed by atoms with Crippen LogP contribution in [0.15, 0.2) is 77.2 Å². The minimum absolute atomic E-state index is 0.656. The Hall–Kier alpha value is -3.33. The number of rotatable bonds is 6. The molecule has 0 aliphatic rings. The van der Waals surface area contributed by atoms with Gasteiger partial charge in [0.1, 0.15) is 5.52 Å². The molecule has 0 N–H and O–H groups in total. The lowest BCUT2D eigenvalue weighted by molar-refractivity contribution is 0.620. The number of anilines is 1. The summed E-state index contributed by atoms with van der Waals surface area (Å²) in [6.45, 7) is 6.42. The summed E-state index contributed by atoms with van der Waals surface area (Å²) in [4.78, 5) is 6.90. The van der Waals surface area contributed by atoms with E-state index in [0.717, 1.165) is 35.3 Å². The summed E-state index contributed by atoms with van der Waals surface area (Å²) < 4.78 is 5.84. The van der Waals surface area contributed by atoms with Crippen molar-refractivity contribution in [2.75, 3.05) is 18.0 Å².